The summed E-state index contributed by atoms with van der Waals surface area (Å²) in [7, 11) is 0. The maximum absolute atomic E-state index is 9.89. The summed E-state index contributed by atoms with van der Waals surface area (Å²) in [6.45, 7) is 1.67. The van der Waals surface area contributed by atoms with Gasteiger partial charge >= 0.3 is 6.17 Å². The summed E-state index contributed by atoms with van der Waals surface area (Å²) in [6.07, 6.45) is -1.17. The quantitative estimate of drug-likeness (QED) is 0.333. The van der Waals surface area contributed by atoms with Gasteiger partial charge in [-0.2, -0.15) is 0 Å². The van der Waals surface area contributed by atoms with Gasteiger partial charge in [0.15, 0.2) is 0 Å². The second-order valence-electron chi connectivity index (χ2n) is 1.84. The lowest BCUT2D eigenvalue weighted by Gasteiger charge is -1.97. The lowest BCUT2D eigenvalue weighted by Crippen LogP contribution is -2.28. The van der Waals surface area contributed by atoms with Crippen molar-refractivity contribution in [2.75, 3.05) is 0 Å². The minimum Gasteiger partial charge on any atom is -0.259 e. The molecule has 0 rings (SSSR count). The second kappa shape index (κ2) is 3.76. The molecule has 0 saturated heterocycles. The van der Waals surface area contributed by atoms with Crippen LogP contribution < -0.4 is 0 Å². The number of hydrogen-bond donors (Lipinski definition) is 0. The van der Waals surface area contributed by atoms with Crippen LogP contribution in [0.4, 0.5) is 0 Å². The van der Waals surface area contributed by atoms with E-state index < -0.39 is 16.0 Å². The van der Waals surface area contributed by atoms with Crippen LogP contribution in [0.15, 0.2) is 0 Å². The van der Waals surface area contributed by atoms with Gasteiger partial charge < -0.3 is 0 Å². The third-order valence-electron chi connectivity index (χ3n) is 1.03. The molecule has 10 heavy (non-hydrogen) atoms. The largest absolute Gasteiger partial charge is 0.450 e. The number of nitro groups is 2. The molecule has 0 aromatic rings. The van der Waals surface area contributed by atoms with Crippen molar-refractivity contribution < 1.29 is 9.85 Å². The summed E-state index contributed by atoms with van der Waals surface area (Å²) in [5.74, 6) is 0. The van der Waals surface area contributed by atoms with E-state index >= 15 is 0 Å². The predicted molar refractivity (Wildman–Crippen MR) is 32.7 cm³/mol. The first-order valence-electron chi connectivity index (χ1n) is 2.86. The van der Waals surface area contributed by atoms with Gasteiger partial charge in [0.2, 0.25) is 0 Å². The zero-order valence-corrected chi connectivity index (χ0v) is 5.52. The monoisotopic (exact) mass is 148 g/mol. The van der Waals surface area contributed by atoms with E-state index in [0.717, 1.165) is 0 Å². The second-order valence-corrected chi connectivity index (χ2v) is 1.84. The van der Waals surface area contributed by atoms with Gasteiger partial charge in [-0.3, -0.25) is 20.2 Å². The summed E-state index contributed by atoms with van der Waals surface area (Å²) >= 11 is 0. The van der Waals surface area contributed by atoms with Gasteiger partial charge in [-0.1, -0.05) is 6.92 Å². The molecule has 0 aliphatic heterocycles. The highest BCUT2D eigenvalue weighted by atomic mass is 16.7. The highest BCUT2D eigenvalue weighted by Crippen LogP contribution is 2.00. The van der Waals surface area contributed by atoms with Crippen LogP contribution in [0.1, 0.15) is 19.8 Å². The standard InChI is InChI=1S/C4H8N2O4/c1-2-3-4(5(7)8)6(9)10/h4H,2-3H2,1H3. The first-order valence-corrected chi connectivity index (χ1v) is 2.86. The summed E-state index contributed by atoms with van der Waals surface area (Å²) < 4.78 is 0. The molecule has 0 unspecified atom stereocenters. The maximum atomic E-state index is 9.89. The van der Waals surface area contributed by atoms with Crippen LogP contribution in [-0.2, 0) is 0 Å². The Kier molecular flexibility index (Phi) is 3.30. The average molecular weight is 148 g/mol. The van der Waals surface area contributed by atoms with Gasteiger partial charge in [0.25, 0.3) is 0 Å². The van der Waals surface area contributed by atoms with Crippen LogP contribution in [-0.4, -0.2) is 16.0 Å². The summed E-state index contributed by atoms with van der Waals surface area (Å²) in [4.78, 5) is 18.0. The van der Waals surface area contributed by atoms with Crippen molar-refractivity contribution in [3.8, 4) is 0 Å². The van der Waals surface area contributed by atoms with Crippen molar-refractivity contribution in [1.82, 2.24) is 0 Å². The molecule has 0 radical (unpaired) electrons. The average Bonchev–Trinajstić information content (AvgIpc) is 1.81. The maximum Gasteiger partial charge on any atom is 0.450 e. The Morgan fingerprint density at radius 1 is 1.30 bits per heavy atom. The fraction of sp³-hybridized carbons (Fsp3) is 1.00. The van der Waals surface area contributed by atoms with E-state index in [1.54, 1.807) is 6.92 Å². The molecule has 0 N–H and O–H groups in total. The topological polar surface area (TPSA) is 86.3 Å². The van der Waals surface area contributed by atoms with Crippen molar-refractivity contribution in [2.45, 2.75) is 25.9 Å². The van der Waals surface area contributed by atoms with E-state index in [0.29, 0.717) is 6.42 Å². The highest BCUT2D eigenvalue weighted by molar-refractivity contribution is 4.38. The van der Waals surface area contributed by atoms with E-state index in [1.807, 2.05) is 0 Å². The molecule has 0 fully saturated rings. The molecule has 0 aromatic heterocycles. The van der Waals surface area contributed by atoms with Gasteiger partial charge in [-0.15, -0.1) is 0 Å². The Hall–Kier alpha value is -1.20. The highest BCUT2D eigenvalue weighted by Gasteiger charge is 2.29. The predicted octanol–water partition coefficient (Wildman–Crippen LogP) is 0.666. The molecule has 0 aromatic carbocycles. The normalized spacial score (nSPS) is 9.80. The number of hydrogen-bond acceptors (Lipinski definition) is 4. The van der Waals surface area contributed by atoms with Gasteiger partial charge in [0.05, 0.1) is 16.3 Å². The zero-order valence-electron chi connectivity index (χ0n) is 5.52. The van der Waals surface area contributed by atoms with Gasteiger partial charge in [0.1, 0.15) is 0 Å². The molecule has 0 saturated carbocycles. The third-order valence-corrected chi connectivity index (χ3v) is 1.03. The molecule has 0 spiro atoms. The first kappa shape index (κ1) is 8.80. The van der Waals surface area contributed by atoms with E-state index in [1.165, 1.54) is 0 Å². The Morgan fingerprint density at radius 3 is 1.80 bits per heavy atom. The Bertz CT molecular complexity index is 132. The van der Waals surface area contributed by atoms with Gasteiger partial charge in [-0.25, -0.2) is 0 Å². The van der Waals surface area contributed by atoms with Gasteiger partial charge in [0, 0.05) is 0 Å². The lowest BCUT2D eigenvalue weighted by molar-refractivity contribution is -0.743. The van der Waals surface area contributed by atoms with Crippen LogP contribution in [0, 0.1) is 20.2 Å². The van der Waals surface area contributed by atoms with E-state index in [9.17, 15) is 20.2 Å². The molecule has 0 bridgehead atoms. The first-order chi connectivity index (χ1) is 4.59. The molecule has 0 heterocycles. The molecule has 0 aliphatic carbocycles. The Morgan fingerprint density at radius 2 is 1.70 bits per heavy atom. The van der Waals surface area contributed by atoms with Crippen LogP contribution in [0.5, 0.6) is 0 Å². The SMILES string of the molecule is CCCC([N+](=O)[O-])[N+](=O)[O-]. The number of nitrogens with zero attached hydrogens (tertiary/aromatic N) is 2. The summed E-state index contributed by atoms with van der Waals surface area (Å²) in [6, 6.07) is 0. The Labute approximate surface area is 57.1 Å². The van der Waals surface area contributed by atoms with Crippen molar-refractivity contribution in [3.05, 3.63) is 20.2 Å². The summed E-state index contributed by atoms with van der Waals surface area (Å²) in [5.41, 5.74) is 0. The molecule has 58 valence electrons. The fourth-order valence-electron chi connectivity index (χ4n) is 0.546. The lowest BCUT2D eigenvalue weighted by atomic mass is 10.3. The molecule has 0 aliphatic rings. The zero-order chi connectivity index (χ0) is 8.15. The van der Waals surface area contributed by atoms with Crippen molar-refractivity contribution in [1.29, 1.82) is 0 Å². The van der Waals surface area contributed by atoms with Crippen molar-refractivity contribution in [3.63, 3.8) is 0 Å². The van der Waals surface area contributed by atoms with Crippen LogP contribution >= 0.6 is 0 Å². The fourth-order valence-corrected chi connectivity index (χ4v) is 0.546. The van der Waals surface area contributed by atoms with E-state index in [4.69, 9.17) is 0 Å². The summed E-state index contributed by atoms with van der Waals surface area (Å²) in [5, 5.41) is 19.8. The van der Waals surface area contributed by atoms with Crippen LogP contribution in [0.25, 0.3) is 0 Å². The van der Waals surface area contributed by atoms with Crippen LogP contribution in [0.3, 0.4) is 0 Å². The molecule has 0 amide bonds. The van der Waals surface area contributed by atoms with E-state index in [-0.39, 0.29) is 6.42 Å². The molecule has 6 nitrogen and oxygen atoms in total. The minimum atomic E-state index is -1.62. The van der Waals surface area contributed by atoms with E-state index in [2.05, 4.69) is 0 Å². The molecule has 6 heteroatoms. The smallest absolute Gasteiger partial charge is 0.259 e. The third kappa shape index (κ3) is 2.38. The Balaban J connectivity index is 3.98. The minimum absolute atomic E-state index is 0. The van der Waals surface area contributed by atoms with Crippen molar-refractivity contribution >= 4 is 0 Å². The molecular formula is C4H8N2O4. The van der Waals surface area contributed by atoms with Gasteiger partial charge in [-0.05, 0) is 6.42 Å². The molecular weight excluding hydrogens is 140 g/mol. The molecule has 0 atom stereocenters. The van der Waals surface area contributed by atoms with Crippen LogP contribution in [0.2, 0.25) is 0 Å². The number of rotatable bonds is 4. The van der Waals surface area contributed by atoms with Crippen molar-refractivity contribution in [2.24, 2.45) is 0 Å².